The van der Waals surface area contributed by atoms with E-state index in [1.54, 1.807) is 0 Å². The lowest BCUT2D eigenvalue weighted by atomic mass is 9.86. The Morgan fingerprint density at radius 2 is 0.677 bits per heavy atom. The van der Waals surface area contributed by atoms with E-state index in [9.17, 15) is 68.4 Å². The largest absolute Gasteiger partial charge is 0.416 e. The second kappa shape index (κ2) is 15.4. The SMILES string of the molecule is N#CC1=C(c2ccc(C(F)(F)F)cc2)/C(=C(/C#N)c2cc(C#N)cc(C#N)c2)c2cc3c(cc21)/C(=C(\C#N)c1cc(C#N)cc(C#N)c1)C(c1ccc(C(F)(F)F)cc1)=C3C#N. The molecular weight excluding hydrogens is 803 g/mol. The van der Waals surface area contributed by atoms with Crippen molar-refractivity contribution in [2.75, 3.05) is 0 Å². The molecule has 7 rings (SSSR count). The Hall–Kier alpha value is -9.44. The summed E-state index contributed by atoms with van der Waals surface area (Å²) in [5, 5.41) is 82.5. The Balaban J connectivity index is 1.65. The number of benzene rings is 5. The summed E-state index contributed by atoms with van der Waals surface area (Å²) in [4.78, 5) is 0. The first-order chi connectivity index (χ1) is 29.6. The van der Waals surface area contributed by atoms with Crippen LogP contribution >= 0.6 is 0 Å². The van der Waals surface area contributed by atoms with Crippen LogP contribution in [0.4, 0.5) is 26.3 Å². The van der Waals surface area contributed by atoms with Gasteiger partial charge in [0.25, 0.3) is 0 Å². The average Bonchev–Trinajstić information content (AvgIpc) is 3.76. The maximum atomic E-state index is 13.7. The summed E-state index contributed by atoms with van der Waals surface area (Å²) in [6.45, 7) is 0. The Labute approximate surface area is 348 Å². The van der Waals surface area contributed by atoms with Gasteiger partial charge in [-0.15, -0.1) is 0 Å². The molecule has 0 amide bonds. The molecule has 0 aliphatic heterocycles. The van der Waals surface area contributed by atoms with Gasteiger partial charge in [0, 0.05) is 33.4 Å². The first kappa shape index (κ1) is 40.7. The number of hydrogen-bond acceptors (Lipinski definition) is 8. The van der Waals surface area contributed by atoms with Gasteiger partial charge in [0.2, 0.25) is 0 Å². The van der Waals surface area contributed by atoms with Crippen molar-refractivity contribution in [3.63, 3.8) is 0 Å². The summed E-state index contributed by atoms with van der Waals surface area (Å²) in [6, 6.07) is 34.1. The minimum atomic E-state index is -4.74. The van der Waals surface area contributed by atoms with Gasteiger partial charge in [-0.05, 0) is 106 Å². The van der Waals surface area contributed by atoms with Crippen LogP contribution in [0.3, 0.4) is 0 Å². The molecule has 0 saturated carbocycles. The van der Waals surface area contributed by atoms with Crippen molar-refractivity contribution >= 4 is 44.6 Å². The molecule has 0 aromatic heterocycles. The molecular formula is C48H16F6N8. The van der Waals surface area contributed by atoms with Crippen LogP contribution in [-0.4, -0.2) is 0 Å². The summed E-state index contributed by atoms with van der Waals surface area (Å²) in [5.41, 5.74) is -2.42. The summed E-state index contributed by atoms with van der Waals surface area (Å²) in [5.74, 6) is 0. The zero-order valence-corrected chi connectivity index (χ0v) is 31.1. The molecule has 0 saturated heterocycles. The molecule has 0 N–H and O–H groups in total. The van der Waals surface area contributed by atoms with E-state index in [0.29, 0.717) is 0 Å². The predicted molar refractivity (Wildman–Crippen MR) is 211 cm³/mol. The van der Waals surface area contributed by atoms with Crippen LogP contribution < -0.4 is 0 Å². The number of rotatable bonds is 4. The highest BCUT2D eigenvalue weighted by Gasteiger charge is 2.39. The van der Waals surface area contributed by atoms with Crippen LogP contribution in [0.5, 0.6) is 0 Å². The van der Waals surface area contributed by atoms with E-state index in [0.717, 1.165) is 48.5 Å². The summed E-state index contributed by atoms with van der Waals surface area (Å²) < 4.78 is 82.4. The summed E-state index contributed by atoms with van der Waals surface area (Å²) in [7, 11) is 0. The summed E-state index contributed by atoms with van der Waals surface area (Å²) >= 11 is 0. The van der Waals surface area contributed by atoms with Crippen LogP contribution in [0, 0.1) is 90.6 Å². The lowest BCUT2D eigenvalue weighted by Crippen LogP contribution is -2.04. The number of nitriles is 8. The van der Waals surface area contributed by atoms with Crippen molar-refractivity contribution in [1.29, 1.82) is 42.1 Å². The molecule has 0 heterocycles. The van der Waals surface area contributed by atoms with Gasteiger partial charge in [-0.3, -0.25) is 0 Å². The van der Waals surface area contributed by atoms with Crippen molar-refractivity contribution in [2.24, 2.45) is 0 Å². The molecule has 62 heavy (non-hydrogen) atoms. The van der Waals surface area contributed by atoms with Crippen LogP contribution in [0.1, 0.15) is 77.9 Å². The molecule has 2 aliphatic carbocycles. The number of alkyl halides is 6. The van der Waals surface area contributed by atoms with E-state index < -0.39 is 23.5 Å². The van der Waals surface area contributed by atoms with E-state index in [-0.39, 0.29) is 111 Å². The number of allylic oxidation sites excluding steroid dienone is 8. The lowest BCUT2D eigenvalue weighted by Gasteiger charge is -2.15. The highest BCUT2D eigenvalue weighted by atomic mass is 19.4. The van der Waals surface area contributed by atoms with Gasteiger partial charge < -0.3 is 0 Å². The average molecular weight is 819 g/mol. The number of nitrogens with zero attached hydrogens (tertiary/aromatic N) is 8. The second-order valence-electron chi connectivity index (χ2n) is 13.6. The van der Waals surface area contributed by atoms with Crippen molar-refractivity contribution in [1.82, 2.24) is 0 Å². The molecule has 14 heteroatoms. The van der Waals surface area contributed by atoms with Gasteiger partial charge in [-0.1, -0.05) is 24.3 Å². The minimum Gasteiger partial charge on any atom is -0.192 e. The molecule has 0 fully saturated rings. The molecule has 5 aromatic carbocycles. The van der Waals surface area contributed by atoms with Crippen LogP contribution in [0.25, 0.3) is 44.6 Å². The van der Waals surface area contributed by atoms with Gasteiger partial charge in [0.15, 0.2) is 0 Å². The second-order valence-corrected chi connectivity index (χ2v) is 13.6. The first-order valence-corrected chi connectivity index (χ1v) is 17.7. The van der Waals surface area contributed by atoms with Crippen LogP contribution in [0.15, 0.2) is 97.1 Å². The fourth-order valence-corrected chi connectivity index (χ4v) is 7.53. The third-order valence-electron chi connectivity index (χ3n) is 10.1. The van der Waals surface area contributed by atoms with Gasteiger partial charge in [0.05, 0.1) is 80.0 Å². The topological polar surface area (TPSA) is 190 Å². The fourth-order valence-electron chi connectivity index (χ4n) is 7.53. The quantitative estimate of drug-likeness (QED) is 0.126. The number of hydrogen-bond donors (Lipinski definition) is 0. The third-order valence-corrected chi connectivity index (χ3v) is 10.1. The van der Waals surface area contributed by atoms with Crippen LogP contribution in [-0.2, 0) is 12.4 Å². The van der Waals surface area contributed by atoms with Crippen molar-refractivity contribution in [3.05, 3.63) is 175 Å². The number of halogens is 6. The molecule has 0 bridgehead atoms. The van der Waals surface area contributed by atoms with Gasteiger partial charge in [0.1, 0.15) is 24.3 Å². The first-order valence-electron chi connectivity index (χ1n) is 17.7. The third kappa shape index (κ3) is 6.86. The van der Waals surface area contributed by atoms with Gasteiger partial charge in [-0.2, -0.15) is 68.4 Å². The maximum absolute atomic E-state index is 13.7. The highest BCUT2D eigenvalue weighted by molar-refractivity contribution is 6.34. The smallest absolute Gasteiger partial charge is 0.192 e. The molecule has 2 aliphatic rings. The molecule has 8 nitrogen and oxygen atoms in total. The van der Waals surface area contributed by atoms with E-state index in [2.05, 4.69) is 24.3 Å². The van der Waals surface area contributed by atoms with Gasteiger partial charge in [-0.25, -0.2) is 0 Å². The lowest BCUT2D eigenvalue weighted by molar-refractivity contribution is -0.138. The highest BCUT2D eigenvalue weighted by Crippen LogP contribution is 2.56. The zero-order chi connectivity index (χ0) is 44.7. The van der Waals surface area contributed by atoms with E-state index in [4.69, 9.17) is 0 Å². The summed E-state index contributed by atoms with van der Waals surface area (Å²) in [6.07, 6.45) is -9.47. The number of fused-ring (bicyclic) bond motifs is 2. The standard InChI is InChI=1S/C48H16F6N8/c49-47(50,51)33-5-1-29(2-6-33)43-41(23-61)35-15-38-36(16-37(35)45(43)39(21-59)31-11-25(17-55)9-26(12-31)18-56)42(24-62)44(30-3-7-34(8-4-30)48(52,53)54)46(38)40(22-60)32-13-27(19-57)10-28(14-32)20-58/h1-16H/b45-39-,46-40-. The zero-order valence-electron chi connectivity index (χ0n) is 31.1. The molecule has 290 valence electrons. The van der Waals surface area contributed by atoms with Crippen LogP contribution in [0.2, 0.25) is 0 Å². The van der Waals surface area contributed by atoms with Crippen molar-refractivity contribution in [3.8, 4) is 48.6 Å². The Morgan fingerprint density at radius 1 is 0.371 bits per heavy atom. The Bertz CT molecular complexity index is 3030. The molecule has 0 atom stereocenters. The van der Waals surface area contributed by atoms with Crippen molar-refractivity contribution in [2.45, 2.75) is 12.4 Å². The minimum absolute atomic E-state index is 0.0186. The maximum Gasteiger partial charge on any atom is 0.416 e. The molecule has 0 unspecified atom stereocenters. The Morgan fingerprint density at radius 3 is 0.919 bits per heavy atom. The fraction of sp³-hybridized carbons (Fsp3) is 0.0417. The molecule has 0 spiro atoms. The molecule has 0 radical (unpaired) electrons. The Kier molecular flexibility index (Phi) is 10.1. The van der Waals surface area contributed by atoms with Crippen molar-refractivity contribution < 1.29 is 26.3 Å². The van der Waals surface area contributed by atoms with E-state index in [1.165, 1.54) is 48.5 Å². The van der Waals surface area contributed by atoms with E-state index in [1.807, 2.05) is 24.3 Å². The van der Waals surface area contributed by atoms with Gasteiger partial charge >= 0.3 is 12.4 Å². The molecule has 5 aromatic rings. The normalized spacial score (nSPS) is 14.4. The monoisotopic (exact) mass is 818 g/mol. The van der Waals surface area contributed by atoms with E-state index >= 15 is 0 Å². The predicted octanol–water partition coefficient (Wildman–Crippen LogP) is 11.0.